The third-order valence-electron chi connectivity index (χ3n) is 2.33. The number of thioether (sulfide) groups is 1. The van der Waals surface area contributed by atoms with Crippen LogP contribution in [0.25, 0.3) is 0 Å². The number of carboxylic acid groups (broad SMARTS) is 1. The van der Waals surface area contributed by atoms with Crippen LogP contribution in [0.4, 0.5) is 4.39 Å². The topological polar surface area (TPSA) is 83.5 Å². The van der Waals surface area contributed by atoms with Crippen molar-refractivity contribution in [1.82, 2.24) is 4.72 Å². The van der Waals surface area contributed by atoms with Crippen LogP contribution in [0.2, 0.25) is 0 Å². The van der Waals surface area contributed by atoms with Gasteiger partial charge in [-0.05, 0) is 30.6 Å². The molecule has 0 fully saturated rings. The molecule has 1 rings (SSSR count). The highest BCUT2D eigenvalue weighted by molar-refractivity contribution is 7.98. The lowest BCUT2D eigenvalue weighted by atomic mass is 10.2. The van der Waals surface area contributed by atoms with Crippen LogP contribution in [0, 0.1) is 5.82 Å². The minimum Gasteiger partial charge on any atom is -0.480 e. The van der Waals surface area contributed by atoms with Gasteiger partial charge in [-0.2, -0.15) is 16.5 Å². The highest BCUT2D eigenvalue weighted by atomic mass is 32.2. The van der Waals surface area contributed by atoms with E-state index < -0.39 is 32.7 Å². The molecule has 5 nitrogen and oxygen atoms in total. The molecule has 1 aromatic carbocycles. The molecule has 0 amide bonds. The number of nitrogens with one attached hydrogen (secondary N) is 1. The molecule has 19 heavy (non-hydrogen) atoms. The zero-order valence-corrected chi connectivity index (χ0v) is 11.8. The second-order valence-corrected chi connectivity index (χ2v) is 6.39. The molecule has 1 atom stereocenters. The predicted octanol–water partition coefficient (Wildman–Crippen LogP) is 1.31. The molecule has 0 heterocycles. The Morgan fingerprint density at radius 1 is 1.47 bits per heavy atom. The fraction of sp³-hybridized carbons (Fsp3) is 0.364. The van der Waals surface area contributed by atoms with Gasteiger partial charge in [-0.3, -0.25) is 4.79 Å². The maximum absolute atomic E-state index is 13.4. The van der Waals surface area contributed by atoms with Crippen LogP contribution >= 0.6 is 11.8 Å². The quantitative estimate of drug-likeness (QED) is 0.793. The van der Waals surface area contributed by atoms with Crippen molar-refractivity contribution in [3.63, 3.8) is 0 Å². The zero-order chi connectivity index (χ0) is 14.5. The van der Waals surface area contributed by atoms with Gasteiger partial charge < -0.3 is 5.11 Å². The summed E-state index contributed by atoms with van der Waals surface area (Å²) in [4.78, 5) is 10.4. The fourth-order valence-corrected chi connectivity index (χ4v) is 3.16. The molecule has 1 aromatic rings. The van der Waals surface area contributed by atoms with Crippen molar-refractivity contribution in [2.45, 2.75) is 17.4 Å². The van der Waals surface area contributed by atoms with Gasteiger partial charge in [0.2, 0.25) is 10.0 Å². The van der Waals surface area contributed by atoms with Crippen LogP contribution in [0.1, 0.15) is 6.42 Å². The van der Waals surface area contributed by atoms with Crippen molar-refractivity contribution in [1.29, 1.82) is 0 Å². The molecular weight excluding hydrogens is 293 g/mol. The summed E-state index contributed by atoms with van der Waals surface area (Å²) in [7, 11) is -4.18. The van der Waals surface area contributed by atoms with Crippen molar-refractivity contribution in [2.75, 3.05) is 12.0 Å². The van der Waals surface area contributed by atoms with Gasteiger partial charge in [-0.25, -0.2) is 12.8 Å². The monoisotopic (exact) mass is 307 g/mol. The highest BCUT2D eigenvalue weighted by Gasteiger charge is 2.26. The Hall–Kier alpha value is -1.12. The minimum atomic E-state index is -4.18. The molecule has 0 radical (unpaired) electrons. The lowest BCUT2D eigenvalue weighted by molar-refractivity contribution is -0.139. The second kappa shape index (κ2) is 6.88. The summed E-state index contributed by atoms with van der Waals surface area (Å²) in [5, 5.41) is 8.95. The summed E-state index contributed by atoms with van der Waals surface area (Å²) >= 11 is 1.40. The molecule has 0 aliphatic carbocycles. The lowest BCUT2D eigenvalue weighted by Crippen LogP contribution is -2.41. The van der Waals surface area contributed by atoms with E-state index in [1.54, 1.807) is 6.26 Å². The fourth-order valence-electron chi connectivity index (χ4n) is 1.38. The van der Waals surface area contributed by atoms with E-state index in [2.05, 4.69) is 0 Å². The number of sulfonamides is 1. The van der Waals surface area contributed by atoms with Gasteiger partial charge in [0.1, 0.15) is 16.8 Å². The first-order chi connectivity index (χ1) is 8.88. The maximum Gasteiger partial charge on any atom is 0.321 e. The number of hydrogen-bond acceptors (Lipinski definition) is 4. The first-order valence-electron chi connectivity index (χ1n) is 5.37. The standard InChI is InChI=1S/C11H14FNO4S2/c1-18-7-6-9(11(14)15)13-19(16,17)10-5-3-2-4-8(10)12/h2-5,9,13H,6-7H2,1H3,(H,14,15)/t9-/m1/s1. The van der Waals surface area contributed by atoms with Gasteiger partial charge in [0.15, 0.2) is 0 Å². The van der Waals surface area contributed by atoms with Crippen LogP contribution in [0.15, 0.2) is 29.2 Å². The molecule has 0 aromatic heterocycles. The summed E-state index contributed by atoms with van der Waals surface area (Å²) < 4.78 is 39.2. The lowest BCUT2D eigenvalue weighted by Gasteiger charge is -2.14. The van der Waals surface area contributed by atoms with Gasteiger partial charge in [-0.1, -0.05) is 12.1 Å². The molecule has 106 valence electrons. The maximum atomic E-state index is 13.4. The van der Waals surface area contributed by atoms with Crippen molar-refractivity contribution < 1.29 is 22.7 Å². The number of halogens is 1. The SMILES string of the molecule is CSCC[C@@H](NS(=O)(=O)c1ccccc1F)C(=O)O. The Labute approximate surface area is 115 Å². The van der Waals surface area contributed by atoms with Gasteiger partial charge in [0, 0.05) is 0 Å². The molecule has 0 aliphatic heterocycles. The van der Waals surface area contributed by atoms with E-state index in [1.165, 1.54) is 23.9 Å². The van der Waals surface area contributed by atoms with Crippen molar-refractivity contribution in [3.05, 3.63) is 30.1 Å². The molecule has 0 bridgehead atoms. The van der Waals surface area contributed by atoms with Gasteiger partial charge in [0.05, 0.1) is 0 Å². The largest absolute Gasteiger partial charge is 0.480 e. The molecule has 0 unspecified atom stereocenters. The van der Waals surface area contributed by atoms with E-state index >= 15 is 0 Å². The average molecular weight is 307 g/mol. The Balaban J connectivity index is 2.95. The van der Waals surface area contributed by atoms with Crippen molar-refractivity contribution in [2.24, 2.45) is 0 Å². The summed E-state index contributed by atoms with van der Waals surface area (Å²) in [5.74, 6) is -1.71. The van der Waals surface area contributed by atoms with E-state index in [0.29, 0.717) is 5.75 Å². The van der Waals surface area contributed by atoms with E-state index in [9.17, 15) is 17.6 Å². The first-order valence-corrected chi connectivity index (χ1v) is 8.25. The number of rotatable bonds is 7. The minimum absolute atomic E-state index is 0.129. The summed E-state index contributed by atoms with van der Waals surface area (Å²) in [5.41, 5.74) is 0. The zero-order valence-electron chi connectivity index (χ0n) is 10.2. The van der Waals surface area contributed by atoms with E-state index in [-0.39, 0.29) is 6.42 Å². The van der Waals surface area contributed by atoms with Crippen LogP contribution in [-0.2, 0) is 14.8 Å². The van der Waals surface area contributed by atoms with Crippen molar-refractivity contribution >= 4 is 27.8 Å². The number of carbonyl (C=O) groups is 1. The van der Waals surface area contributed by atoms with Crippen LogP contribution < -0.4 is 4.72 Å². The van der Waals surface area contributed by atoms with E-state index in [0.717, 1.165) is 12.1 Å². The van der Waals surface area contributed by atoms with Crippen molar-refractivity contribution in [3.8, 4) is 0 Å². The predicted molar refractivity (Wildman–Crippen MR) is 71.1 cm³/mol. The first kappa shape index (κ1) is 15.9. The molecule has 8 heteroatoms. The highest BCUT2D eigenvalue weighted by Crippen LogP contribution is 2.14. The Morgan fingerprint density at radius 3 is 2.63 bits per heavy atom. The number of benzene rings is 1. The molecule has 0 saturated carbocycles. The van der Waals surface area contributed by atoms with Crippen LogP contribution in [0.3, 0.4) is 0 Å². The number of hydrogen-bond donors (Lipinski definition) is 2. The summed E-state index contributed by atoms with van der Waals surface area (Å²) in [6, 6.07) is 3.56. The smallest absolute Gasteiger partial charge is 0.321 e. The average Bonchev–Trinajstić information content (AvgIpc) is 2.34. The van der Waals surface area contributed by atoms with Gasteiger partial charge in [0.25, 0.3) is 0 Å². The Bertz CT molecular complexity index is 547. The van der Waals surface area contributed by atoms with Crippen LogP contribution in [0.5, 0.6) is 0 Å². The number of aliphatic carboxylic acids is 1. The third-order valence-corrected chi connectivity index (χ3v) is 4.48. The summed E-state index contributed by atoms with van der Waals surface area (Å²) in [6.45, 7) is 0. The normalized spacial score (nSPS) is 13.2. The molecule has 0 spiro atoms. The van der Waals surface area contributed by atoms with Gasteiger partial charge >= 0.3 is 5.97 Å². The Morgan fingerprint density at radius 2 is 2.11 bits per heavy atom. The van der Waals surface area contributed by atoms with E-state index in [4.69, 9.17) is 5.11 Å². The number of carboxylic acids is 1. The molecule has 0 saturated heterocycles. The molecule has 0 aliphatic rings. The van der Waals surface area contributed by atoms with E-state index in [1.807, 2.05) is 4.72 Å². The third kappa shape index (κ3) is 4.48. The van der Waals surface area contributed by atoms with Gasteiger partial charge in [-0.15, -0.1) is 0 Å². The molecular formula is C11H14FNO4S2. The Kier molecular flexibility index (Phi) is 5.77. The molecule has 2 N–H and O–H groups in total. The summed E-state index contributed by atoms with van der Waals surface area (Å²) in [6.07, 6.45) is 1.91. The second-order valence-electron chi connectivity index (χ2n) is 3.72. The van der Waals surface area contributed by atoms with Crippen LogP contribution in [-0.4, -0.2) is 37.5 Å².